The Morgan fingerprint density at radius 1 is 1.14 bits per heavy atom. The number of hydrogen-bond donors (Lipinski definition) is 2. The molecule has 2 aliphatic heterocycles. The molecule has 158 valence electrons. The minimum Gasteiger partial charge on any atom is -0.357 e. The molecule has 2 saturated heterocycles. The average Bonchev–Trinajstić information content (AvgIpc) is 3.34. The molecule has 2 heterocycles. The molecule has 0 aromatic heterocycles. The van der Waals surface area contributed by atoms with Crippen molar-refractivity contribution in [2.75, 3.05) is 39.3 Å². The molecule has 0 spiro atoms. The van der Waals surface area contributed by atoms with Gasteiger partial charge in [-0.3, -0.25) is 14.6 Å². The second-order valence-electron chi connectivity index (χ2n) is 8.35. The number of aliphatic imine (C=N–C) groups is 1. The van der Waals surface area contributed by atoms with Crippen LogP contribution < -0.4 is 10.6 Å². The summed E-state index contributed by atoms with van der Waals surface area (Å²) in [6, 6.07) is 0.269. The van der Waals surface area contributed by atoms with Crippen molar-refractivity contribution in [1.29, 1.82) is 0 Å². The lowest BCUT2D eigenvalue weighted by Crippen LogP contribution is -2.45. The number of nitrogens with zero attached hydrogens (tertiary/aromatic N) is 3. The first-order valence-corrected chi connectivity index (χ1v) is 11.3. The molecule has 28 heavy (non-hydrogen) atoms. The number of likely N-dealkylation sites (tertiary alicyclic amines) is 2. The van der Waals surface area contributed by atoms with Crippen LogP contribution in [-0.2, 0) is 9.59 Å². The van der Waals surface area contributed by atoms with Crippen molar-refractivity contribution in [3.63, 3.8) is 0 Å². The van der Waals surface area contributed by atoms with E-state index in [2.05, 4.69) is 27.4 Å². The van der Waals surface area contributed by atoms with Gasteiger partial charge in [0.1, 0.15) is 0 Å². The van der Waals surface area contributed by atoms with Gasteiger partial charge in [0.15, 0.2) is 5.96 Å². The van der Waals surface area contributed by atoms with E-state index in [1.807, 2.05) is 4.90 Å². The summed E-state index contributed by atoms with van der Waals surface area (Å²) < 4.78 is 0. The molecule has 0 bridgehead atoms. The van der Waals surface area contributed by atoms with Crippen molar-refractivity contribution < 1.29 is 9.59 Å². The van der Waals surface area contributed by atoms with Crippen LogP contribution in [0.2, 0.25) is 0 Å². The van der Waals surface area contributed by atoms with Crippen LogP contribution in [0.4, 0.5) is 0 Å². The van der Waals surface area contributed by atoms with Gasteiger partial charge in [-0.25, -0.2) is 0 Å². The summed E-state index contributed by atoms with van der Waals surface area (Å²) in [4.78, 5) is 33.1. The van der Waals surface area contributed by atoms with Gasteiger partial charge >= 0.3 is 0 Å². The quantitative estimate of drug-likeness (QED) is 0.394. The zero-order valence-corrected chi connectivity index (χ0v) is 17.4. The van der Waals surface area contributed by atoms with Gasteiger partial charge in [0.05, 0.1) is 0 Å². The summed E-state index contributed by atoms with van der Waals surface area (Å²) in [5.41, 5.74) is 0. The van der Waals surface area contributed by atoms with Crippen LogP contribution in [0.3, 0.4) is 0 Å². The molecule has 1 atom stereocenters. The van der Waals surface area contributed by atoms with E-state index in [1.165, 1.54) is 19.3 Å². The molecule has 0 radical (unpaired) electrons. The van der Waals surface area contributed by atoms with Crippen molar-refractivity contribution in [3.05, 3.63) is 0 Å². The fourth-order valence-electron chi connectivity index (χ4n) is 4.59. The van der Waals surface area contributed by atoms with E-state index in [4.69, 9.17) is 0 Å². The number of nitrogens with one attached hydrogen (secondary N) is 2. The van der Waals surface area contributed by atoms with Crippen molar-refractivity contribution in [3.8, 4) is 0 Å². The SMILES string of the molecule is CCNC(=NCCCN1CCCC1=O)NC1CCN(C(=O)C2CCCCC2)C1. The van der Waals surface area contributed by atoms with E-state index in [1.54, 1.807) is 0 Å². The van der Waals surface area contributed by atoms with Gasteiger partial charge in [-0.05, 0) is 39.0 Å². The van der Waals surface area contributed by atoms with Gasteiger partial charge in [0.25, 0.3) is 0 Å². The standard InChI is InChI=1S/C21H37N5O2/c1-2-22-21(23-12-7-14-25-13-6-10-19(25)27)24-18-11-15-26(16-18)20(28)17-8-4-3-5-9-17/h17-18H,2-16H2,1H3,(H2,22,23,24). The lowest BCUT2D eigenvalue weighted by molar-refractivity contribution is -0.135. The van der Waals surface area contributed by atoms with E-state index >= 15 is 0 Å². The molecule has 1 saturated carbocycles. The van der Waals surface area contributed by atoms with Crippen molar-refractivity contribution >= 4 is 17.8 Å². The summed E-state index contributed by atoms with van der Waals surface area (Å²) in [5, 5.41) is 6.82. The van der Waals surface area contributed by atoms with Crippen LogP contribution >= 0.6 is 0 Å². The third-order valence-corrected chi connectivity index (χ3v) is 6.17. The molecular weight excluding hydrogens is 354 g/mol. The van der Waals surface area contributed by atoms with Crippen LogP contribution in [0.25, 0.3) is 0 Å². The van der Waals surface area contributed by atoms with Crippen molar-refractivity contribution in [1.82, 2.24) is 20.4 Å². The number of amides is 2. The summed E-state index contributed by atoms with van der Waals surface area (Å²) in [7, 11) is 0. The van der Waals surface area contributed by atoms with Crippen molar-refractivity contribution in [2.24, 2.45) is 10.9 Å². The van der Waals surface area contributed by atoms with Crippen LogP contribution in [-0.4, -0.2) is 72.9 Å². The Bertz CT molecular complexity index is 559. The molecule has 0 aromatic carbocycles. The van der Waals surface area contributed by atoms with E-state index in [-0.39, 0.29) is 17.9 Å². The maximum atomic E-state index is 12.7. The minimum absolute atomic E-state index is 0.253. The predicted molar refractivity (Wildman–Crippen MR) is 111 cm³/mol. The fourth-order valence-corrected chi connectivity index (χ4v) is 4.59. The van der Waals surface area contributed by atoms with E-state index in [0.717, 1.165) is 70.8 Å². The molecule has 1 unspecified atom stereocenters. The average molecular weight is 392 g/mol. The molecule has 1 aliphatic carbocycles. The first-order chi connectivity index (χ1) is 13.7. The van der Waals surface area contributed by atoms with Gasteiger partial charge < -0.3 is 20.4 Å². The molecule has 0 aromatic rings. The maximum absolute atomic E-state index is 12.7. The fraction of sp³-hybridized carbons (Fsp3) is 0.857. The van der Waals surface area contributed by atoms with Crippen molar-refractivity contribution in [2.45, 2.75) is 70.8 Å². The third kappa shape index (κ3) is 5.85. The van der Waals surface area contributed by atoms with E-state index in [0.29, 0.717) is 18.9 Å². The van der Waals surface area contributed by atoms with Crippen LogP contribution in [0, 0.1) is 5.92 Å². The molecular formula is C21H37N5O2. The van der Waals surface area contributed by atoms with Gasteiger partial charge in [-0.2, -0.15) is 0 Å². The summed E-state index contributed by atoms with van der Waals surface area (Å²) in [5.74, 6) is 1.72. The highest BCUT2D eigenvalue weighted by Crippen LogP contribution is 2.26. The number of carbonyl (C=O) groups excluding carboxylic acids is 2. The summed E-state index contributed by atoms with van der Waals surface area (Å²) in [6.07, 6.45) is 9.37. The topological polar surface area (TPSA) is 77.0 Å². The molecule has 2 N–H and O–H groups in total. The highest BCUT2D eigenvalue weighted by molar-refractivity contribution is 5.81. The largest absolute Gasteiger partial charge is 0.357 e. The number of carbonyl (C=O) groups is 2. The molecule has 3 rings (SSSR count). The van der Waals surface area contributed by atoms with Gasteiger partial charge in [-0.15, -0.1) is 0 Å². The van der Waals surface area contributed by atoms with E-state index in [9.17, 15) is 9.59 Å². The Morgan fingerprint density at radius 2 is 1.96 bits per heavy atom. The van der Waals surface area contributed by atoms with Crippen LogP contribution in [0.1, 0.15) is 64.7 Å². The Kier molecular flexibility index (Phi) is 7.98. The molecule has 7 heteroatoms. The van der Waals surface area contributed by atoms with Gasteiger partial charge in [0, 0.05) is 57.6 Å². The maximum Gasteiger partial charge on any atom is 0.225 e. The first-order valence-electron chi connectivity index (χ1n) is 11.3. The second kappa shape index (κ2) is 10.7. The molecule has 3 fully saturated rings. The Labute approximate surface area is 169 Å². The lowest BCUT2D eigenvalue weighted by atomic mass is 9.88. The third-order valence-electron chi connectivity index (χ3n) is 6.17. The molecule has 2 amide bonds. The number of guanidine groups is 1. The Balaban J connectivity index is 1.42. The Hall–Kier alpha value is -1.79. The molecule has 3 aliphatic rings. The summed E-state index contributed by atoms with van der Waals surface area (Å²) in [6.45, 7) is 6.91. The molecule has 7 nitrogen and oxygen atoms in total. The number of rotatable bonds is 7. The Morgan fingerprint density at radius 3 is 2.68 bits per heavy atom. The lowest BCUT2D eigenvalue weighted by Gasteiger charge is -2.26. The van der Waals surface area contributed by atoms with Gasteiger partial charge in [0.2, 0.25) is 11.8 Å². The highest BCUT2D eigenvalue weighted by Gasteiger charge is 2.31. The number of hydrogen-bond acceptors (Lipinski definition) is 3. The summed E-state index contributed by atoms with van der Waals surface area (Å²) >= 11 is 0. The van der Waals surface area contributed by atoms with E-state index < -0.39 is 0 Å². The second-order valence-corrected chi connectivity index (χ2v) is 8.35. The monoisotopic (exact) mass is 391 g/mol. The minimum atomic E-state index is 0.253. The predicted octanol–water partition coefficient (Wildman–Crippen LogP) is 1.74. The van der Waals surface area contributed by atoms with Crippen LogP contribution in [0.15, 0.2) is 4.99 Å². The van der Waals surface area contributed by atoms with Crippen LogP contribution in [0.5, 0.6) is 0 Å². The first kappa shape index (κ1) is 20.9. The normalized spacial score (nSPS) is 24.1. The highest BCUT2D eigenvalue weighted by atomic mass is 16.2. The smallest absolute Gasteiger partial charge is 0.225 e. The zero-order chi connectivity index (χ0) is 19.8. The van der Waals surface area contributed by atoms with Gasteiger partial charge in [-0.1, -0.05) is 19.3 Å². The zero-order valence-electron chi connectivity index (χ0n) is 17.4.